The van der Waals surface area contributed by atoms with Gasteiger partial charge in [-0.2, -0.15) is 0 Å². The van der Waals surface area contributed by atoms with Gasteiger partial charge in [0.25, 0.3) is 0 Å². The minimum absolute atomic E-state index is 0.135. The molecule has 0 saturated carbocycles. The smallest absolute Gasteiger partial charge is 0.319 e. The molecule has 3 heteroatoms. The van der Waals surface area contributed by atoms with Crippen LogP contribution in [0.25, 0.3) is 10.8 Å². The number of nitrogens with zero attached hydrogens (tertiary/aromatic N) is 1. The Balaban J connectivity index is 2.13. The van der Waals surface area contributed by atoms with Gasteiger partial charge in [-0.25, -0.2) is 4.79 Å². The molecular weight excluding hydrogens is 272 g/mol. The first-order valence-corrected chi connectivity index (χ1v) is 7.30. The topological polar surface area (TPSA) is 46.3 Å². The van der Waals surface area contributed by atoms with Crippen molar-refractivity contribution in [3.8, 4) is 0 Å². The van der Waals surface area contributed by atoms with Crippen LogP contribution in [0.2, 0.25) is 0 Å². The molecule has 0 aromatic heterocycles. The molecule has 0 aliphatic heterocycles. The molecule has 3 nitrogen and oxygen atoms in total. The molecule has 2 N–H and O–H groups in total. The lowest BCUT2D eigenvalue weighted by Crippen LogP contribution is -2.38. The molecular formula is C19H18N2O. The summed E-state index contributed by atoms with van der Waals surface area (Å²) in [6, 6.07) is 23.2. The van der Waals surface area contributed by atoms with Crippen LogP contribution >= 0.6 is 0 Å². The van der Waals surface area contributed by atoms with Crippen LogP contribution in [0.1, 0.15) is 18.5 Å². The van der Waals surface area contributed by atoms with Crippen molar-refractivity contribution < 1.29 is 4.79 Å². The van der Waals surface area contributed by atoms with Crippen molar-refractivity contribution in [1.82, 2.24) is 0 Å². The first-order chi connectivity index (χ1) is 10.7. The average molecular weight is 290 g/mol. The quantitative estimate of drug-likeness (QED) is 0.759. The molecule has 0 spiro atoms. The van der Waals surface area contributed by atoms with Gasteiger partial charge in [-0.05, 0) is 23.9 Å². The first-order valence-electron chi connectivity index (χ1n) is 7.30. The van der Waals surface area contributed by atoms with Gasteiger partial charge in [-0.3, -0.25) is 4.90 Å². The first kappa shape index (κ1) is 14.1. The number of hydrogen-bond donors (Lipinski definition) is 1. The molecule has 3 rings (SSSR count). The highest BCUT2D eigenvalue weighted by molar-refractivity contribution is 6.03. The van der Waals surface area contributed by atoms with E-state index in [2.05, 4.69) is 0 Å². The predicted molar refractivity (Wildman–Crippen MR) is 90.9 cm³/mol. The maximum Gasteiger partial charge on any atom is 0.319 e. The Labute approximate surface area is 130 Å². The second-order valence-corrected chi connectivity index (χ2v) is 5.29. The average Bonchev–Trinajstić information content (AvgIpc) is 2.56. The van der Waals surface area contributed by atoms with Crippen molar-refractivity contribution in [1.29, 1.82) is 0 Å². The van der Waals surface area contributed by atoms with Crippen LogP contribution in [0, 0.1) is 0 Å². The highest BCUT2D eigenvalue weighted by atomic mass is 16.2. The number of nitrogens with two attached hydrogens (primary N) is 1. The van der Waals surface area contributed by atoms with Crippen LogP contribution in [-0.4, -0.2) is 6.03 Å². The van der Waals surface area contributed by atoms with E-state index >= 15 is 0 Å². The fourth-order valence-electron chi connectivity index (χ4n) is 2.82. The van der Waals surface area contributed by atoms with Gasteiger partial charge in [0, 0.05) is 5.39 Å². The van der Waals surface area contributed by atoms with Crippen molar-refractivity contribution in [3.05, 3.63) is 78.4 Å². The fraction of sp³-hybridized carbons (Fsp3) is 0.105. The molecule has 0 radical (unpaired) electrons. The third-order valence-electron chi connectivity index (χ3n) is 3.93. The molecule has 3 aromatic carbocycles. The number of benzene rings is 3. The maximum atomic E-state index is 12.1. The Morgan fingerprint density at radius 3 is 2.27 bits per heavy atom. The summed E-state index contributed by atoms with van der Waals surface area (Å²) in [7, 11) is 0. The lowest BCUT2D eigenvalue weighted by Gasteiger charge is -2.29. The van der Waals surface area contributed by atoms with E-state index in [1.165, 1.54) is 0 Å². The largest absolute Gasteiger partial charge is 0.351 e. The SMILES string of the molecule is CC(c1ccccc1)N(C(N)=O)c1cccc2ccccc12. The van der Waals surface area contributed by atoms with Gasteiger partial charge in [-0.1, -0.05) is 66.7 Å². The molecule has 0 saturated heterocycles. The monoisotopic (exact) mass is 290 g/mol. The van der Waals surface area contributed by atoms with Crippen LogP contribution in [0.15, 0.2) is 72.8 Å². The second kappa shape index (κ2) is 5.90. The van der Waals surface area contributed by atoms with Crippen molar-refractivity contribution in [2.75, 3.05) is 4.90 Å². The summed E-state index contributed by atoms with van der Waals surface area (Å²) in [6.07, 6.45) is 0. The van der Waals surface area contributed by atoms with Gasteiger partial charge in [0.1, 0.15) is 0 Å². The zero-order chi connectivity index (χ0) is 15.5. The summed E-state index contributed by atoms with van der Waals surface area (Å²) < 4.78 is 0. The Morgan fingerprint density at radius 2 is 1.55 bits per heavy atom. The minimum atomic E-state index is -0.451. The van der Waals surface area contributed by atoms with Crippen LogP contribution in [-0.2, 0) is 0 Å². The van der Waals surface area contributed by atoms with Crippen LogP contribution < -0.4 is 10.6 Å². The van der Waals surface area contributed by atoms with Gasteiger partial charge < -0.3 is 5.73 Å². The molecule has 0 aliphatic rings. The molecule has 3 aromatic rings. The second-order valence-electron chi connectivity index (χ2n) is 5.29. The molecule has 0 aliphatic carbocycles. The van der Waals surface area contributed by atoms with Crippen LogP contribution in [0.4, 0.5) is 10.5 Å². The number of primary amides is 1. The Kier molecular flexibility index (Phi) is 3.79. The summed E-state index contributed by atoms with van der Waals surface area (Å²) in [5.74, 6) is 0. The standard InChI is InChI=1S/C19H18N2O/c1-14(15-8-3-2-4-9-15)21(19(20)22)18-13-7-11-16-10-5-6-12-17(16)18/h2-14H,1H3,(H2,20,22). The Bertz CT molecular complexity index is 793. The van der Waals surface area contributed by atoms with Crippen molar-refractivity contribution in [2.24, 2.45) is 5.73 Å². The van der Waals surface area contributed by atoms with Crippen molar-refractivity contribution in [3.63, 3.8) is 0 Å². The lowest BCUT2D eigenvalue weighted by atomic mass is 10.0. The van der Waals surface area contributed by atoms with E-state index in [1.807, 2.05) is 79.7 Å². The summed E-state index contributed by atoms with van der Waals surface area (Å²) >= 11 is 0. The highest BCUT2D eigenvalue weighted by Gasteiger charge is 2.22. The van der Waals surface area contributed by atoms with E-state index in [1.54, 1.807) is 4.90 Å². The number of anilines is 1. The summed E-state index contributed by atoms with van der Waals surface area (Å²) in [6.45, 7) is 1.99. The number of fused-ring (bicyclic) bond motifs is 1. The fourth-order valence-corrected chi connectivity index (χ4v) is 2.82. The minimum Gasteiger partial charge on any atom is -0.351 e. The van der Waals surface area contributed by atoms with E-state index < -0.39 is 6.03 Å². The maximum absolute atomic E-state index is 12.1. The molecule has 0 fully saturated rings. The van der Waals surface area contributed by atoms with Crippen LogP contribution in [0.3, 0.4) is 0 Å². The van der Waals surface area contributed by atoms with Crippen molar-refractivity contribution >= 4 is 22.5 Å². The molecule has 110 valence electrons. The zero-order valence-corrected chi connectivity index (χ0v) is 12.4. The van der Waals surface area contributed by atoms with E-state index in [0.717, 1.165) is 22.0 Å². The Morgan fingerprint density at radius 1 is 0.909 bits per heavy atom. The van der Waals surface area contributed by atoms with Gasteiger partial charge in [0.15, 0.2) is 0 Å². The molecule has 22 heavy (non-hydrogen) atoms. The zero-order valence-electron chi connectivity index (χ0n) is 12.4. The third kappa shape index (κ3) is 2.53. The highest BCUT2D eigenvalue weighted by Crippen LogP contribution is 2.32. The molecule has 1 atom stereocenters. The number of urea groups is 1. The number of hydrogen-bond acceptors (Lipinski definition) is 1. The van der Waals surface area contributed by atoms with Crippen LogP contribution in [0.5, 0.6) is 0 Å². The van der Waals surface area contributed by atoms with E-state index in [0.29, 0.717) is 0 Å². The normalized spacial score (nSPS) is 12.0. The van der Waals surface area contributed by atoms with Gasteiger partial charge in [-0.15, -0.1) is 0 Å². The van der Waals surface area contributed by atoms with E-state index in [-0.39, 0.29) is 6.04 Å². The van der Waals surface area contributed by atoms with Crippen molar-refractivity contribution in [2.45, 2.75) is 13.0 Å². The van der Waals surface area contributed by atoms with Gasteiger partial charge >= 0.3 is 6.03 Å². The number of rotatable bonds is 3. The van der Waals surface area contributed by atoms with E-state index in [4.69, 9.17) is 5.73 Å². The summed E-state index contributed by atoms with van der Waals surface area (Å²) in [4.78, 5) is 13.8. The third-order valence-corrected chi connectivity index (χ3v) is 3.93. The Hall–Kier alpha value is -2.81. The molecule has 1 unspecified atom stereocenters. The molecule has 0 heterocycles. The van der Waals surface area contributed by atoms with Gasteiger partial charge in [0.2, 0.25) is 0 Å². The number of amides is 2. The molecule has 2 amide bonds. The number of carbonyl (C=O) groups excluding carboxylic acids is 1. The summed E-state index contributed by atoms with van der Waals surface area (Å²) in [5.41, 5.74) is 7.57. The number of carbonyl (C=O) groups is 1. The molecule has 0 bridgehead atoms. The van der Waals surface area contributed by atoms with Gasteiger partial charge in [0.05, 0.1) is 11.7 Å². The predicted octanol–water partition coefficient (Wildman–Crippen LogP) is 4.49. The lowest BCUT2D eigenvalue weighted by molar-refractivity contribution is 0.252. The summed E-state index contributed by atoms with van der Waals surface area (Å²) in [5, 5.41) is 2.11. The van der Waals surface area contributed by atoms with E-state index in [9.17, 15) is 4.79 Å².